The van der Waals surface area contributed by atoms with Gasteiger partial charge in [0.25, 0.3) is 0 Å². The third kappa shape index (κ3) is 5.81. The number of hydrogen-bond donors (Lipinski definition) is 0. The second-order valence-corrected chi connectivity index (χ2v) is 15.4. The molecule has 1 aliphatic rings. The lowest BCUT2D eigenvalue weighted by Gasteiger charge is -2.28. The molecule has 1 nitrogen and oxygen atoms in total. The van der Waals surface area contributed by atoms with Gasteiger partial charge >= 0.3 is 0 Å². The predicted molar refractivity (Wildman–Crippen MR) is 238 cm³/mol. The first-order valence-corrected chi connectivity index (χ1v) is 19.5. The van der Waals surface area contributed by atoms with Crippen molar-refractivity contribution >= 4 is 27.8 Å². The molecule has 1 aliphatic carbocycles. The highest BCUT2D eigenvalue weighted by molar-refractivity contribution is 5.98. The van der Waals surface area contributed by atoms with E-state index < -0.39 is 0 Å². The molecule has 0 unspecified atom stereocenters. The van der Waals surface area contributed by atoms with Gasteiger partial charge in [-0.15, -0.1) is 0 Å². The first-order valence-electron chi connectivity index (χ1n) is 19.5. The molecule has 0 N–H and O–H groups in total. The summed E-state index contributed by atoms with van der Waals surface area (Å²) in [6.07, 6.45) is 0. The summed E-state index contributed by atoms with van der Waals surface area (Å²) in [6, 6.07) is 77.6. The van der Waals surface area contributed by atoms with Gasteiger partial charge in [-0.2, -0.15) is 0 Å². The Morgan fingerprint density at radius 1 is 0.304 bits per heavy atom. The molecular formula is C55H41N. The summed E-state index contributed by atoms with van der Waals surface area (Å²) in [5, 5.41) is 2.46. The van der Waals surface area contributed by atoms with Gasteiger partial charge in [-0.1, -0.05) is 178 Å². The van der Waals surface area contributed by atoms with Crippen molar-refractivity contribution in [2.75, 3.05) is 4.90 Å². The normalized spacial score (nSPS) is 12.6. The zero-order valence-electron chi connectivity index (χ0n) is 31.7. The van der Waals surface area contributed by atoms with E-state index in [9.17, 15) is 0 Å². The highest BCUT2D eigenvalue weighted by Crippen LogP contribution is 2.53. The van der Waals surface area contributed by atoms with Gasteiger partial charge in [0.05, 0.1) is 0 Å². The molecule has 0 bridgehead atoms. The van der Waals surface area contributed by atoms with Gasteiger partial charge in [-0.05, 0) is 126 Å². The summed E-state index contributed by atoms with van der Waals surface area (Å²) in [4.78, 5) is 2.41. The van der Waals surface area contributed by atoms with Crippen molar-refractivity contribution in [2.24, 2.45) is 0 Å². The summed E-state index contributed by atoms with van der Waals surface area (Å²) >= 11 is 0. The van der Waals surface area contributed by atoms with Crippen LogP contribution in [0.3, 0.4) is 0 Å². The molecule has 0 fully saturated rings. The molecule has 0 saturated heterocycles. The van der Waals surface area contributed by atoms with Gasteiger partial charge in [0.1, 0.15) is 0 Å². The minimum atomic E-state index is -0.161. The maximum Gasteiger partial charge on any atom is 0.0467 e. The molecule has 266 valence electrons. The lowest BCUT2D eigenvalue weighted by Crippen LogP contribution is -2.16. The average Bonchev–Trinajstić information content (AvgIpc) is 3.50. The number of rotatable bonds is 7. The van der Waals surface area contributed by atoms with Crippen molar-refractivity contribution < 1.29 is 0 Å². The second kappa shape index (κ2) is 13.7. The van der Waals surface area contributed by atoms with Crippen molar-refractivity contribution in [1.82, 2.24) is 0 Å². The fourth-order valence-corrected chi connectivity index (χ4v) is 8.80. The largest absolute Gasteiger partial charge is 0.310 e. The van der Waals surface area contributed by atoms with E-state index in [0.29, 0.717) is 0 Å². The number of nitrogens with zero attached hydrogens (tertiary/aromatic N) is 1. The van der Waals surface area contributed by atoms with Crippen LogP contribution in [0.15, 0.2) is 212 Å². The second-order valence-electron chi connectivity index (χ2n) is 15.4. The third-order valence-corrected chi connectivity index (χ3v) is 11.6. The van der Waals surface area contributed by atoms with Crippen LogP contribution in [0.2, 0.25) is 0 Å². The molecule has 56 heavy (non-hydrogen) atoms. The van der Waals surface area contributed by atoms with E-state index in [1.165, 1.54) is 77.5 Å². The molecule has 9 aromatic rings. The molecular weight excluding hydrogens is 675 g/mol. The van der Waals surface area contributed by atoms with Crippen molar-refractivity contribution in [1.29, 1.82) is 0 Å². The maximum atomic E-state index is 2.43. The average molecular weight is 716 g/mol. The smallest absolute Gasteiger partial charge is 0.0467 e. The van der Waals surface area contributed by atoms with Gasteiger partial charge in [0.2, 0.25) is 0 Å². The van der Waals surface area contributed by atoms with Crippen molar-refractivity contribution in [3.8, 4) is 55.6 Å². The Bertz CT molecular complexity index is 2850. The third-order valence-electron chi connectivity index (χ3n) is 11.6. The minimum Gasteiger partial charge on any atom is -0.310 e. The maximum absolute atomic E-state index is 2.43. The lowest BCUT2D eigenvalue weighted by molar-refractivity contribution is 0.660. The number of anilines is 3. The highest BCUT2D eigenvalue weighted by Gasteiger charge is 2.37. The van der Waals surface area contributed by atoms with Crippen LogP contribution in [0.5, 0.6) is 0 Å². The Morgan fingerprint density at radius 2 is 0.804 bits per heavy atom. The van der Waals surface area contributed by atoms with Gasteiger partial charge in [-0.3, -0.25) is 0 Å². The fraction of sp³-hybridized carbons (Fsp3) is 0.0545. The van der Waals surface area contributed by atoms with E-state index in [0.717, 1.165) is 17.1 Å². The van der Waals surface area contributed by atoms with Crippen LogP contribution in [0, 0.1) is 0 Å². The molecule has 0 aromatic heterocycles. The first kappa shape index (κ1) is 33.6. The monoisotopic (exact) mass is 715 g/mol. The Kier molecular flexibility index (Phi) is 8.23. The summed E-state index contributed by atoms with van der Waals surface area (Å²) in [6.45, 7) is 4.74. The van der Waals surface area contributed by atoms with Crippen LogP contribution in [0.1, 0.15) is 25.0 Å². The van der Waals surface area contributed by atoms with E-state index in [1.54, 1.807) is 0 Å². The van der Waals surface area contributed by atoms with Crippen molar-refractivity contribution in [3.63, 3.8) is 0 Å². The predicted octanol–water partition coefficient (Wildman–Crippen LogP) is 15.3. The van der Waals surface area contributed by atoms with Crippen LogP contribution in [0.25, 0.3) is 66.4 Å². The number of fused-ring (bicyclic) bond motifs is 4. The van der Waals surface area contributed by atoms with Crippen LogP contribution >= 0.6 is 0 Å². The number of para-hydroxylation sites is 1. The molecule has 10 rings (SSSR count). The minimum absolute atomic E-state index is 0.161. The molecule has 0 saturated carbocycles. The van der Waals surface area contributed by atoms with Gasteiger partial charge in [-0.25, -0.2) is 0 Å². The van der Waals surface area contributed by atoms with E-state index in [4.69, 9.17) is 0 Å². The molecule has 0 spiro atoms. The number of benzene rings is 9. The Hall–Kier alpha value is -6.96. The molecule has 0 heterocycles. The van der Waals surface area contributed by atoms with Gasteiger partial charge in [0.15, 0.2) is 0 Å². The lowest BCUT2D eigenvalue weighted by atomic mass is 9.81. The molecule has 0 atom stereocenters. The summed E-state index contributed by atoms with van der Waals surface area (Å²) in [7, 11) is 0. The molecule has 0 radical (unpaired) electrons. The van der Waals surface area contributed by atoms with E-state index in [1.807, 2.05) is 0 Å². The number of hydrogen-bond acceptors (Lipinski definition) is 1. The summed E-state index contributed by atoms with van der Waals surface area (Å²) in [5.74, 6) is 0. The fourth-order valence-electron chi connectivity index (χ4n) is 8.80. The summed E-state index contributed by atoms with van der Waals surface area (Å²) in [5.41, 5.74) is 18.4. The summed E-state index contributed by atoms with van der Waals surface area (Å²) < 4.78 is 0. The van der Waals surface area contributed by atoms with Crippen molar-refractivity contribution in [2.45, 2.75) is 19.3 Å². The zero-order valence-corrected chi connectivity index (χ0v) is 31.7. The quantitative estimate of drug-likeness (QED) is 0.159. The van der Waals surface area contributed by atoms with E-state index in [-0.39, 0.29) is 5.41 Å². The molecule has 9 aromatic carbocycles. The van der Waals surface area contributed by atoms with Crippen LogP contribution in [-0.2, 0) is 5.41 Å². The first-order chi connectivity index (χ1) is 27.5. The molecule has 1 heteroatoms. The topological polar surface area (TPSA) is 3.24 Å². The zero-order chi connectivity index (χ0) is 37.6. The van der Waals surface area contributed by atoms with Crippen molar-refractivity contribution in [3.05, 3.63) is 223 Å². The molecule has 0 aliphatic heterocycles. The standard InChI is InChI=1S/C55H41N/c1-55(2)52-27-15-26-48(40-18-8-4-9-19-40)54(52)49-33-32-47(37-53(49)55)56(45-23-10-5-11-24-45)46-25-14-22-44(34-46)51-36-43-21-13-12-20-42(43)35-50(51)41-30-28-39(29-31-41)38-16-6-3-7-17-38/h3-37H,1-2H3. The van der Waals surface area contributed by atoms with E-state index >= 15 is 0 Å². The Labute approximate surface area is 329 Å². The SMILES string of the molecule is CC1(C)c2cc(N(c3ccccc3)c3cccc(-c4cc5ccccc5cc4-c4ccc(-c5ccccc5)cc4)c3)ccc2-c2c(-c3ccccc3)cccc21. The van der Waals surface area contributed by atoms with Gasteiger partial charge in [0, 0.05) is 22.5 Å². The van der Waals surface area contributed by atoms with Crippen LogP contribution < -0.4 is 4.90 Å². The van der Waals surface area contributed by atoms with E-state index in [2.05, 4.69) is 231 Å². The molecule has 0 amide bonds. The highest BCUT2D eigenvalue weighted by atomic mass is 15.1. The van der Waals surface area contributed by atoms with Crippen LogP contribution in [-0.4, -0.2) is 0 Å². The Balaban J connectivity index is 1.11. The van der Waals surface area contributed by atoms with Gasteiger partial charge < -0.3 is 4.90 Å². The Morgan fingerprint density at radius 3 is 1.50 bits per heavy atom. The van der Waals surface area contributed by atoms with Crippen LogP contribution in [0.4, 0.5) is 17.1 Å².